The van der Waals surface area contributed by atoms with E-state index in [2.05, 4.69) is 5.32 Å². The molecule has 1 saturated carbocycles. The maximum absolute atomic E-state index is 11.8. The number of rotatable bonds is 6. The molecule has 5 heteroatoms. The summed E-state index contributed by atoms with van der Waals surface area (Å²) in [6.07, 6.45) is 0.824. The number of ether oxygens (including phenoxy) is 1. The Kier molecular flexibility index (Phi) is 4.16. The molecular weight excluding hydrogens is 246 g/mol. The summed E-state index contributed by atoms with van der Waals surface area (Å²) in [6.45, 7) is 2.87. The number of carbonyl (C=O) groups is 2. The first kappa shape index (κ1) is 13.5. The molecule has 1 aromatic rings. The molecule has 2 atom stereocenters. The largest absolute Gasteiger partial charge is 0.478 e. The summed E-state index contributed by atoms with van der Waals surface area (Å²) in [5.41, 5.74) is 1.01. The van der Waals surface area contributed by atoms with Gasteiger partial charge in [0.05, 0.1) is 17.6 Å². The Hall–Kier alpha value is -1.88. The Morgan fingerprint density at radius 3 is 2.95 bits per heavy atom. The van der Waals surface area contributed by atoms with Gasteiger partial charge in [-0.3, -0.25) is 4.79 Å². The van der Waals surface area contributed by atoms with Crippen LogP contribution in [0.15, 0.2) is 24.3 Å². The van der Waals surface area contributed by atoms with E-state index >= 15 is 0 Å². The molecule has 1 aliphatic carbocycles. The number of hydrogen-bond acceptors (Lipinski definition) is 3. The number of amides is 1. The minimum atomic E-state index is -0.966. The Bertz CT molecular complexity index is 486. The minimum absolute atomic E-state index is 0.0285. The molecule has 2 N–H and O–H groups in total. The Morgan fingerprint density at radius 1 is 1.47 bits per heavy atom. The van der Waals surface area contributed by atoms with E-state index < -0.39 is 5.97 Å². The van der Waals surface area contributed by atoms with E-state index in [1.807, 2.05) is 6.92 Å². The first-order chi connectivity index (χ1) is 9.11. The zero-order valence-electron chi connectivity index (χ0n) is 10.8. The van der Waals surface area contributed by atoms with Gasteiger partial charge in [0.1, 0.15) is 0 Å². The molecule has 1 amide bonds. The molecule has 19 heavy (non-hydrogen) atoms. The van der Waals surface area contributed by atoms with E-state index in [1.165, 1.54) is 6.07 Å². The molecule has 1 aliphatic rings. The highest BCUT2D eigenvalue weighted by Gasteiger charge is 2.43. The van der Waals surface area contributed by atoms with Crippen LogP contribution in [0.5, 0.6) is 0 Å². The summed E-state index contributed by atoms with van der Waals surface area (Å²) in [4.78, 5) is 22.6. The van der Waals surface area contributed by atoms with Crippen molar-refractivity contribution in [1.82, 2.24) is 5.32 Å². The summed E-state index contributed by atoms with van der Waals surface area (Å²) in [5.74, 6) is -1.05. The quantitative estimate of drug-likeness (QED) is 0.814. The van der Waals surface area contributed by atoms with E-state index in [4.69, 9.17) is 9.84 Å². The minimum Gasteiger partial charge on any atom is -0.478 e. The molecule has 0 bridgehead atoms. The molecule has 0 aliphatic heterocycles. The van der Waals surface area contributed by atoms with E-state index in [0.29, 0.717) is 13.2 Å². The van der Waals surface area contributed by atoms with Gasteiger partial charge in [0.15, 0.2) is 0 Å². The van der Waals surface area contributed by atoms with Crippen LogP contribution in [0.1, 0.15) is 29.3 Å². The lowest BCUT2D eigenvalue weighted by molar-refractivity contribution is -0.123. The lowest BCUT2D eigenvalue weighted by Crippen LogP contribution is -2.26. The first-order valence-corrected chi connectivity index (χ1v) is 6.33. The topological polar surface area (TPSA) is 75.6 Å². The van der Waals surface area contributed by atoms with Gasteiger partial charge in [-0.25, -0.2) is 4.79 Å². The van der Waals surface area contributed by atoms with Crippen LogP contribution in [0.25, 0.3) is 0 Å². The molecule has 0 heterocycles. The van der Waals surface area contributed by atoms with E-state index in [0.717, 1.165) is 12.0 Å². The van der Waals surface area contributed by atoms with Gasteiger partial charge in [0, 0.05) is 13.2 Å². The maximum Gasteiger partial charge on any atom is 0.335 e. The van der Waals surface area contributed by atoms with Crippen molar-refractivity contribution < 1.29 is 19.4 Å². The maximum atomic E-state index is 11.8. The lowest BCUT2D eigenvalue weighted by Gasteiger charge is -2.06. The second kappa shape index (κ2) is 5.84. The van der Waals surface area contributed by atoms with Gasteiger partial charge >= 0.3 is 5.97 Å². The van der Waals surface area contributed by atoms with Crippen molar-refractivity contribution in [3.8, 4) is 0 Å². The van der Waals surface area contributed by atoms with Crippen LogP contribution in [-0.4, -0.2) is 29.7 Å². The Morgan fingerprint density at radius 2 is 2.26 bits per heavy atom. The van der Waals surface area contributed by atoms with Crippen molar-refractivity contribution in [3.63, 3.8) is 0 Å². The molecule has 102 valence electrons. The van der Waals surface area contributed by atoms with Gasteiger partial charge < -0.3 is 15.2 Å². The molecule has 5 nitrogen and oxygen atoms in total. The van der Waals surface area contributed by atoms with Crippen molar-refractivity contribution in [2.45, 2.75) is 26.0 Å². The highest BCUT2D eigenvalue weighted by Crippen LogP contribution is 2.33. The number of nitrogens with one attached hydrogen (secondary N) is 1. The molecule has 0 unspecified atom stereocenters. The average Bonchev–Trinajstić information content (AvgIpc) is 3.16. The van der Waals surface area contributed by atoms with Crippen molar-refractivity contribution in [1.29, 1.82) is 0 Å². The van der Waals surface area contributed by atoms with Crippen LogP contribution in [0, 0.1) is 5.92 Å². The number of benzene rings is 1. The van der Waals surface area contributed by atoms with Crippen molar-refractivity contribution in [3.05, 3.63) is 35.4 Å². The third-order valence-electron chi connectivity index (χ3n) is 3.09. The monoisotopic (exact) mass is 263 g/mol. The van der Waals surface area contributed by atoms with E-state index in [9.17, 15) is 9.59 Å². The van der Waals surface area contributed by atoms with Gasteiger partial charge in [0.2, 0.25) is 5.91 Å². The van der Waals surface area contributed by atoms with E-state index in [-0.39, 0.29) is 23.5 Å². The molecule has 1 aromatic carbocycles. The smallest absolute Gasteiger partial charge is 0.335 e. The van der Waals surface area contributed by atoms with Gasteiger partial charge in [-0.15, -0.1) is 0 Å². The third-order valence-corrected chi connectivity index (χ3v) is 3.09. The lowest BCUT2D eigenvalue weighted by atomic mass is 10.1. The Labute approximate surface area is 111 Å². The summed E-state index contributed by atoms with van der Waals surface area (Å²) >= 11 is 0. The summed E-state index contributed by atoms with van der Waals surface area (Å²) in [5, 5.41) is 11.7. The molecule has 0 spiro atoms. The molecule has 0 radical (unpaired) electrons. The molecule has 1 fully saturated rings. The second-order valence-electron chi connectivity index (χ2n) is 4.56. The third kappa shape index (κ3) is 3.54. The predicted octanol–water partition coefficient (Wildman–Crippen LogP) is 1.43. The standard InChI is InChI=1S/C14H17NO4/c1-2-19-12-7-11(12)13(16)15-8-9-4-3-5-10(6-9)14(17)18/h3-6,11-12H,2,7-8H2,1H3,(H,15,16)(H,17,18)/t11-,12+/m0/s1. The number of carboxylic acid groups (broad SMARTS) is 1. The summed E-state index contributed by atoms with van der Waals surface area (Å²) < 4.78 is 5.35. The first-order valence-electron chi connectivity index (χ1n) is 6.33. The Balaban J connectivity index is 1.84. The van der Waals surface area contributed by atoms with Crippen molar-refractivity contribution in [2.24, 2.45) is 5.92 Å². The fraction of sp³-hybridized carbons (Fsp3) is 0.429. The fourth-order valence-corrected chi connectivity index (χ4v) is 1.98. The number of carbonyl (C=O) groups excluding carboxylic acids is 1. The summed E-state index contributed by atoms with van der Waals surface area (Å²) in [6, 6.07) is 6.56. The van der Waals surface area contributed by atoms with Crippen LogP contribution in [0.3, 0.4) is 0 Å². The SMILES string of the molecule is CCO[C@@H]1C[C@@H]1C(=O)NCc1cccc(C(=O)O)c1. The van der Waals surface area contributed by atoms with Gasteiger partial charge in [-0.2, -0.15) is 0 Å². The van der Waals surface area contributed by atoms with Crippen molar-refractivity contribution >= 4 is 11.9 Å². The highest BCUT2D eigenvalue weighted by molar-refractivity contribution is 5.87. The van der Waals surface area contributed by atoms with Gasteiger partial charge in [-0.05, 0) is 31.0 Å². The van der Waals surface area contributed by atoms with Gasteiger partial charge in [0.25, 0.3) is 0 Å². The zero-order valence-corrected chi connectivity index (χ0v) is 10.8. The highest BCUT2D eigenvalue weighted by atomic mass is 16.5. The van der Waals surface area contributed by atoms with E-state index in [1.54, 1.807) is 18.2 Å². The summed E-state index contributed by atoms with van der Waals surface area (Å²) in [7, 11) is 0. The normalized spacial score (nSPS) is 20.9. The zero-order chi connectivity index (χ0) is 13.8. The van der Waals surface area contributed by atoms with Crippen molar-refractivity contribution in [2.75, 3.05) is 6.61 Å². The molecule has 0 aromatic heterocycles. The number of aromatic carboxylic acids is 1. The van der Waals surface area contributed by atoms with Crippen LogP contribution in [0.4, 0.5) is 0 Å². The second-order valence-corrected chi connectivity index (χ2v) is 4.56. The fourth-order valence-electron chi connectivity index (χ4n) is 1.98. The van der Waals surface area contributed by atoms with Crippen LogP contribution >= 0.6 is 0 Å². The molecular formula is C14H17NO4. The average molecular weight is 263 g/mol. The van der Waals surface area contributed by atoms with Crippen LogP contribution < -0.4 is 5.32 Å². The van der Waals surface area contributed by atoms with Gasteiger partial charge in [-0.1, -0.05) is 12.1 Å². The van der Waals surface area contributed by atoms with Crippen LogP contribution in [-0.2, 0) is 16.1 Å². The number of hydrogen-bond donors (Lipinski definition) is 2. The molecule has 2 rings (SSSR count). The number of carboxylic acids is 1. The predicted molar refractivity (Wildman–Crippen MR) is 68.8 cm³/mol. The molecule has 0 saturated heterocycles. The van der Waals surface area contributed by atoms with Crippen LogP contribution in [0.2, 0.25) is 0 Å².